The molecule has 0 bridgehead atoms. The van der Waals surface area contributed by atoms with Crippen LogP contribution in [0.25, 0.3) is 0 Å². The van der Waals surface area contributed by atoms with E-state index in [0.29, 0.717) is 31.7 Å². The van der Waals surface area contributed by atoms with Crippen LogP contribution in [0.15, 0.2) is 59.5 Å². The number of hydrogen-bond donors (Lipinski definition) is 0. The van der Waals surface area contributed by atoms with Gasteiger partial charge in [0.25, 0.3) is 5.91 Å². The predicted molar refractivity (Wildman–Crippen MR) is 117 cm³/mol. The molecule has 0 unspecified atom stereocenters. The zero-order valence-electron chi connectivity index (χ0n) is 17.6. The van der Waals surface area contributed by atoms with Crippen LogP contribution in [-0.4, -0.2) is 67.7 Å². The summed E-state index contributed by atoms with van der Waals surface area (Å²) in [4.78, 5) is 17.4. The molecule has 0 aromatic heterocycles. The van der Waals surface area contributed by atoms with E-state index >= 15 is 0 Å². The molecule has 168 valence electrons. The maximum atomic E-state index is 13.0. The number of benzene rings is 2. The highest BCUT2D eigenvalue weighted by Gasteiger charge is 2.28. The summed E-state index contributed by atoms with van der Waals surface area (Å²) in [6.45, 7) is 4.92. The van der Waals surface area contributed by atoms with Crippen LogP contribution >= 0.6 is 0 Å². The fourth-order valence-corrected chi connectivity index (χ4v) is 5.74. The minimum atomic E-state index is -3.54. The van der Waals surface area contributed by atoms with E-state index < -0.39 is 10.0 Å². The molecular weight excluding hydrogens is 434 g/mol. The maximum absolute atomic E-state index is 13.0. The lowest BCUT2D eigenvalue weighted by Crippen LogP contribution is -3.00. The third-order valence-corrected chi connectivity index (χ3v) is 7.84. The minimum absolute atomic E-state index is 0. The van der Waals surface area contributed by atoms with Crippen molar-refractivity contribution >= 4 is 15.9 Å². The van der Waals surface area contributed by atoms with Gasteiger partial charge < -0.3 is 17.3 Å². The van der Waals surface area contributed by atoms with Crippen LogP contribution < -0.4 is 12.4 Å². The summed E-state index contributed by atoms with van der Waals surface area (Å²) >= 11 is 0. The fourth-order valence-electron chi connectivity index (χ4n) is 4.18. The van der Waals surface area contributed by atoms with Crippen LogP contribution in [0.5, 0.6) is 0 Å². The molecule has 0 N–H and O–H groups in total. The molecule has 2 heterocycles. The van der Waals surface area contributed by atoms with Crippen molar-refractivity contribution < 1.29 is 25.6 Å². The summed E-state index contributed by atoms with van der Waals surface area (Å²) in [5.41, 5.74) is 1.72. The standard InChI is InChI=1S/C23H29N3O3S.ClH/c27-23(25-16-14-24(15-17-25)19-20-8-3-1-4-9-20)21-10-7-11-22(18-21)30(28,29)26-12-5-2-6-13-26;/h1,3-4,7-11,18H,2,5-6,12-17,19H2;1H/p-1. The van der Waals surface area contributed by atoms with Gasteiger partial charge in [-0.25, -0.2) is 8.42 Å². The Hall–Kier alpha value is -1.93. The quantitative estimate of drug-likeness (QED) is 0.618. The van der Waals surface area contributed by atoms with Crippen LogP contribution in [0, 0.1) is 0 Å². The number of carbonyl (C=O) groups is 1. The average molecular weight is 463 g/mol. The largest absolute Gasteiger partial charge is 1.00 e. The van der Waals surface area contributed by atoms with E-state index in [1.807, 2.05) is 23.1 Å². The lowest BCUT2D eigenvalue weighted by molar-refractivity contribution is -0.0000195. The highest BCUT2D eigenvalue weighted by Crippen LogP contribution is 2.22. The van der Waals surface area contributed by atoms with Gasteiger partial charge in [0.15, 0.2) is 0 Å². The van der Waals surface area contributed by atoms with Gasteiger partial charge in [0.2, 0.25) is 10.0 Å². The van der Waals surface area contributed by atoms with Crippen LogP contribution in [-0.2, 0) is 16.6 Å². The molecule has 31 heavy (non-hydrogen) atoms. The molecule has 2 aromatic carbocycles. The third kappa shape index (κ3) is 5.66. The normalized spacial score (nSPS) is 18.4. The van der Waals surface area contributed by atoms with Gasteiger partial charge in [-0.15, -0.1) is 0 Å². The van der Waals surface area contributed by atoms with Crippen molar-refractivity contribution in [1.29, 1.82) is 0 Å². The second-order valence-corrected chi connectivity index (χ2v) is 9.98. The molecule has 8 heteroatoms. The van der Waals surface area contributed by atoms with Crippen molar-refractivity contribution in [2.45, 2.75) is 30.7 Å². The first kappa shape index (κ1) is 23.7. The number of hydrogen-bond acceptors (Lipinski definition) is 4. The number of piperazine rings is 1. The molecule has 2 fully saturated rings. The monoisotopic (exact) mass is 462 g/mol. The van der Waals surface area contributed by atoms with Gasteiger partial charge in [0.1, 0.15) is 0 Å². The van der Waals surface area contributed by atoms with Gasteiger partial charge in [-0.1, -0.05) is 42.8 Å². The fraction of sp³-hybridized carbons (Fsp3) is 0.435. The zero-order chi connectivity index (χ0) is 21.0. The number of nitrogens with zero attached hydrogens (tertiary/aromatic N) is 3. The maximum Gasteiger partial charge on any atom is 0.253 e. The van der Waals surface area contributed by atoms with E-state index in [1.165, 1.54) is 5.56 Å². The van der Waals surface area contributed by atoms with Gasteiger partial charge in [-0.3, -0.25) is 9.69 Å². The minimum Gasteiger partial charge on any atom is -1.00 e. The van der Waals surface area contributed by atoms with Gasteiger partial charge in [0, 0.05) is 51.4 Å². The van der Waals surface area contributed by atoms with E-state index in [9.17, 15) is 13.2 Å². The summed E-state index contributed by atoms with van der Waals surface area (Å²) in [7, 11) is -3.54. The summed E-state index contributed by atoms with van der Waals surface area (Å²) in [5, 5.41) is 0. The second kappa shape index (κ2) is 10.6. The van der Waals surface area contributed by atoms with Crippen molar-refractivity contribution in [1.82, 2.24) is 14.1 Å². The number of carbonyl (C=O) groups excluding carboxylic acids is 1. The molecule has 0 atom stereocenters. The van der Waals surface area contributed by atoms with Crippen LogP contribution in [0.1, 0.15) is 35.2 Å². The number of amides is 1. The molecular formula is C23H29ClN3O3S-. The Balaban J connectivity index is 0.00000272. The SMILES string of the molecule is O=C(c1cccc(S(=O)(=O)N2CCCCC2)c1)N1CCN(Cc2ccccc2)CC1.[Cl-]. The van der Waals surface area contributed by atoms with Gasteiger partial charge in [0.05, 0.1) is 4.90 Å². The van der Waals surface area contributed by atoms with Crippen LogP contribution in [0.3, 0.4) is 0 Å². The van der Waals surface area contributed by atoms with Crippen LogP contribution in [0.2, 0.25) is 0 Å². The molecule has 4 rings (SSSR count). The molecule has 2 aliphatic heterocycles. The summed E-state index contributed by atoms with van der Waals surface area (Å²) in [5.74, 6) is -0.0925. The third-order valence-electron chi connectivity index (χ3n) is 5.94. The zero-order valence-corrected chi connectivity index (χ0v) is 19.2. The first-order chi connectivity index (χ1) is 14.5. The Kier molecular flexibility index (Phi) is 8.11. The number of sulfonamides is 1. The molecule has 6 nitrogen and oxygen atoms in total. The van der Waals surface area contributed by atoms with Crippen molar-refractivity contribution in [2.24, 2.45) is 0 Å². The van der Waals surface area contributed by atoms with Crippen molar-refractivity contribution in [3.63, 3.8) is 0 Å². The highest BCUT2D eigenvalue weighted by molar-refractivity contribution is 7.89. The summed E-state index contributed by atoms with van der Waals surface area (Å²) in [6, 6.07) is 16.9. The van der Waals surface area contributed by atoms with Gasteiger partial charge >= 0.3 is 0 Å². The Morgan fingerprint density at radius 1 is 0.806 bits per heavy atom. The Labute approximate surface area is 191 Å². The summed E-state index contributed by atoms with van der Waals surface area (Å²) in [6.07, 6.45) is 2.86. The van der Waals surface area contributed by atoms with E-state index in [2.05, 4.69) is 17.0 Å². The van der Waals surface area contributed by atoms with E-state index in [-0.39, 0.29) is 23.2 Å². The first-order valence-electron chi connectivity index (χ1n) is 10.7. The topological polar surface area (TPSA) is 60.9 Å². The van der Waals surface area contributed by atoms with Crippen molar-refractivity contribution in [2.75, 3.05) is 39.3 Å². The van der Waals surface area contributed by atoms with Gasteiger partial charge in [-0.2, -0.15) is 4.31 Å². The lowest BCUT2D eigenvalue weighted by atomic mass is 10.1. The number of halogens is 1. The molecule has 0 radical (unpaired) electrons. The molecule has 2 aliphatic rings. The number of piperidine rings is 1. The molecule has 0 saturated carbocycles. The van der Waals surface area contributed by atoms with Crippen molar-refractivity contribution in [3.05, 3.63) is 65.7 Å². The first-order valence-corrected chi connectivity index (χ1v) is 12.1. The van der Waals surface area contributed by atoms with Crippen LogP contribution in [0.4, 0.5) is 0 Å². The van der Waals surface area contributed by atoms with E-state index in [1.54, 1.807) is 28.6 Å². The Morgan fingerprint density at radius 3 is 2.16 bits per heavy atom. The lowest BCUT2D eigenvalue weighted by Gasteiger charge is -2.35. The predicted octanol–water partition coefficient (Wildman–Crippen LogP) is -0.177. The summed E-state index contributed by atoms with van der Waals surface area (Å²) < 4.78 is 27.4. The second-order valence-electron chi connectivity index (χ2n) is 8.05. The van der Waals surface area contributed by atoms with E-state index in [4.69, 9.17) is 0 Å². The molecule has 0 aliphatic carbocycles. The molecule has 1 amide bonds. The Morgan fingerprint density at radius 2 is 1.48 bits per heavy atom. The highest BCUT2D eigenvalue weighted by atomic mass is 35.5. The smallest absolute Gasteiger partial charge is 0.253 e. The van der Waals surface area contributed by atoms with Crippen molar-refractivity contribution in [3.8, 4) is 0 Å². The molecule has 2 saturated heterocycles. The van der Waals surface area contributed by atoms with Gasteiger partial charge in [-0.05, 0) is 36.6 Å². The molecule has 0 spiro atoms. The molecule has 2 aromatic rings. The Bertz CT molecular complexity index is 971. The number of rotatable bonds is 5. The van der Waals surface area contributed by atoms with E-state index in [0.717, 1.165) is 38.9 Å². The average Bonchev–Trinajstić information content (AvgIpc) is 2.80.